The van der Waals surface area contributed by atoms with Crippen LogP contribution in [0.4, 0.5) is 11.4 Å². The van der Waals surface area contributed by atoms with E-state index in [2.05, 4.69) is 21.2 Å². The third-order valence-corrected chi connectivity index (χ3v) is 6.52. The Labute approximate surface area is 220 Å². The second-order valence-corrected chi connectivity index (χ2v) is 9.38. The van der Waals surface area contributed by atoms with Gasteiger partial charge in [-0.2, -0.15) is 0 Å². The Morgan fingerprint density at radius 2 is 1.81 bits per heavy atom. The summed E-state index contributed by atoms with van der Waals surface area (Å²) in [7, 11) is 1.52. The van der Waals surface area contributed by atoms with Crippen LogP contribution < -0.4 is 15.0 Å². The predicted octanol–water partition coefficient (Wildman–Crippen LogP) is 5.95. The van der Waals surface area contributed by atoms with Crippen LogP contribution in [0.3, 0.4) is 0 Å². The van der Waals surface area contributed by atoms with Gasteiger partial charge in [0.2, 0.25) is 11.7 Å². The number of nitrogens with zero attached hydrogens (tertiary/aromatic N) is 1. The van der Waals surface area contributed by atoms with Gasteiger partial charge < -0.3 is 19.6 Å². The number of anilines is 2. The molecule has 0 spiro atoms. The second kappa shape index (κ2) is 9.59. The van der Waals surface area contributed by atoms with Crippen molar-refractivity contribution in [3.63, 3.8) is 0 Å². The largest absolute Gasteiger partial charge is 0.503 e. The van der Waals surface area contributed by atoms with Crippen LogP contribution in [0.25, 0.3) is 11.0 Å². The number of halogens is 1. The van der Waals surface area contributed by atoms with Gasteiger partial charge in [0.25, 0.3) is 5.91 Å². The quantitative estimate of drug-likeness (QED) is 0.282. The van der Waals surface area contributed by atoms with E-state index < -0.39 is 23.5 Å². The van der Waals surface area contributed by atoms with E-state index in [1.807, 2.05) is 6.07 Å². The molecule has 8 nitrogen and oxygen atoms in total. The number of amides is 2. The van der Waals surface area contributed by atoms with Crippen molar-refractivity contribution >= 4 is 55.9 Å². The molecule has 1 atom stereocenters. The minimum Gasteiger partial charge on any atom is -0.503 e. The number of benzene rings is 3. The van der Waals surface area contributed by atoms with Gasteiger partial charge in [0.15, 0.2) is 11.5 Å². The second-order valence-electron chi connectivity index (χ2n) is 8.47. The Hall–Kier alpha value is -4.37. The molecule has 2 amide bonds. The predicted molar refractivity (Wildman–Crippen MR) is 142 cm³/mol. The van der Waals surface area contributed by atoms with Crippen LogP contribution in [0.1, 0.15) is 29.1 Å². The van der Waals surface area contributed by atoms with Gasteiger partial charge in [0.1, 0.15) is 11.3 Å². The minimum atomic E-state index is -0.957. The molecule has 0 bridgehead atoms. The third kappa shape index (κ3) is 4.49. The fraction of sp³-hybridized carbons (Fsp3) is 0.107. The molecule has 0 fully saturated rings. The SMILES string of the molecule is COc1cccc(C2C(C(=O)c3cc4cc(Br)ccc4o3)=C(O)C(=O)N2c2ccc(NC(C)=O)cc2)c1. The molecule has 2 N–H and O–H groups in total. The fourth-order valence-electron chi connectivity index (χ4n) is 4.40. The summed E-state index contributed by atoms with van der Waals surface area (Å²) in [5.41, 5.74) is 1.92. The molecule has 5 rings (SSSR count). The molecule has 1 aliphatic heterocycles. The van der Waals surface area contributed by atoms with E-state index in [0.29, 0.717) is 33.7 Å². The van der Waals surface area contributed by atoms with Gasteiger partial charge in [-0.15, -0.1) is 0 Å². The lowest BCUT2D eigenvalue weighted by atomic mass is 9.94. The first kappa shape index (κ1) is 24.3. The standard InChI is InChI=1S/C28H21BrN2O6/c1-15(32)30-19-7-9-20(10-8-19)31-25(16-4-3-5-21(13-16)36-2)24(27(34)28(31)35)26(33)23-14-17-12-18(29)6-11-22(17)37-23/h3-14,25,34H,1-2H3,(H,30,32). The molecule has 37 heavy (non-hydrogen) atoms. The van der Waals surface area contributed by atoms with Gasteiger partial charge in [-0.3, -0.25) is 19.3 Å². The van der Waals surface area contributed by atoms with Crippen LogP contribution in [-0.4, -0.2) is 29.8 Å². The van der Waals surface area contributed by atoms with E-state index in [4.69, 9.17) is 9.15 Å². The first-order valence-corrected chi connectivity index (χ1v) is 12.1. The fourth-order valence-corrected chi connectivity index (χ4v) is 4.78. The summed E-state index contributed by atoms with van der Waals surface area (Å²) in [6, 6.07) is 19.5. The Morgan fingerprint density at radius 3 is 2.51 bits per heavy atom. The Morgan fingerprint density at radius 1 is 1.05 bits per heavy atom. The van der Waals surface area contributed by atoms with Gasteiger partial charge >= 0.3 is 0 Å². The summed E-state index contributed by atoms with van der Waals surface area (Å²) < 4.78 is 12.0. The molecule has 2 heterocycles. The highest BCUT2D eigenvalue weighted by molar-refractivity contribution is 9.10. The summed E-state index contributed by atoms with van der Waals surface area (Å²) in [4.78, 5) is 39.9. The highest BCUT2D eigenvalue weighted by Gasteiger charge is 2.45. The molecule has 3 aromatic carbocycles. The number of hydrogen-bond donors (Lipinski definition) is 2. The van der Waals surface area contributed by atoms with Crippen molar-refractivity contribution in [3.05, 3.63) is 99.9 Å². The van der Waals surface area contributed by atoms with E-state index in [1.54, 1.807) is 66.7 Å². The number of aliphatic hydroxyl groups is 1. The molecule has 0 saturated heterocycles. The Kier molecular flexibility index (Phi) is 6.31. The molecule has 0 radical (unpaired) electrons. The maximum absolute atomic E-state index is 13.8. The summed E-state index contributed by atoms with van der Waals surface area (Å²) in [6.45, 7) is 1.40. The summed E-state index contributed by atoms with van der Waals surface area (Å²) in [5.74, 6) is -1.71. The molecular weight excluding hydrogens is 540 g/mol. The maximum atomic E-state index is 13.8. The number of ketones is 1. The number of fused-ring (bicyclic) bond motifs is 1. The molecule has 0 saturated carbocycles. The lowest BCUT2D eigenvalue weighted by Gasteiger charge is -2.27. The van der Waals surface area contributed by atoms with E-state index >= 15 is 0 Å². The first-order chi connectivity index (χ1) is 17.8. The van der Waals surface area contributed by atoms with Crippen LogP contribution in [0, 0.1) is 0 Å². The van der Waals surface area contributed by atoms with Crippen LogP contribution >= 0.6 is 15.9 Å². The number of Topliss-reactive ketones (excluding diaryl/α,β-unsaturated/α-hetero) is 1. The molecule has 9 heteroatoms. The van der Waals surface area contributed by atoms with Gasteiger partial charge in [-0.25, -0.2) is 0 Å². The molecule has 186 valence electrons. The minimum absolute atomic E-state index is 0.00166. The van der Waals surface area contributed by atoms with Gasteiger partial charge in [0, 0.05) is 28.2 Å². The average molecular weight is 561 g/mol. The first-order valence-electron chi connectivity index (χ1n) is 11.3. The molecule has 0 aliphatic carbocycles. The topological polar surface area (TPSA) is 109 Å². The van der Waals surface area contributed by atoms with Crippen molar-refractivity contribution in [1.82, 2.24) is 0 Å². The highest BCUT2D eigenvalue weighted by atomic mass is 79.9. The van der Waals surface area contributed by atoms with Crippen molar-refractivity contribution in [2.75, 3.05) is 17.3 Å². The van der Waals surface area contributed by atoms with Crippen molar-refractivity contribution in [2.45, 2.75) is 13.0 Å². The van der Waals surface area contributed by atoms with E-state index in [9.17, 15) is 19.5 Å². The molecule has 1 unspecified atom stereocenters. The molecule has 4 aromatic rings. The molecular formula is C28H21BrN2O6. The zero-order chi connectivity index (χ0) is 26.3. The molecule has 1 aromatic heterocycles. The lowest BCUT2D eigenvalue weighted by Crippen LogP contribution is -2.31. The summed E-state index contributed by atoms with van der Waals surface area (Å²) >= 11 is 3.41. The zero-order valence-electron chi connectivity index (χ0n) is 19.8. The number of carbonyl (C=O) groups excluding carboxylic acids is 3. The molecule has 1 aliphatic rings. The van der Waals surface area contributed by atoms with Crippen molar-refractivity contribution in [2.24, 2.45) is 0 Å². The normalized spacial score (nSPS) is 15.4. The summed E-state index contributed by atoms with van der Waals surface area (Å²) in [5, 5.41) is 14.4. The smallest absolute Gasteiger partial charge is 0.294 e. The average Bonchev–Trinajstić information content (AvgIpc) is 3.42. The number of hydrogen-bond acceptors (Lipinski definition) is 6. The monoisotopic (exact) mass is 560 g/mol. The summed E-state index contributed by atoms with van der Waals surface area (Å²) in [6.07, 6.45) is 0. The van der Waals surface area contributed by atoms with Crippen molar-refractivity contribution in [3.8, 4) is 5.75 Å². The van der Waals surface area contributed by atoms with Crippen LogP contribution in [0.5, 0.6) is 5.75 Å². The number of furan rings is 1. The van der Waals surface area contributed by atoms with Crippen LogP contribution in [-0.2, 0) is 9.59 Å². The van der Waals surface area contributed by atoms with E-state index in [-0.39, 0.29) is 17.2 Å². The van der Waals surface area contributed by atoms with Gasteiger partial charge in [-0.05, 0) is 66.2 Å². The van der Waals surface area contributed by atoms with Crippen LogP contribution in [0.15, 0.2) is 93.0 Å². The number of methoxy groups -OCH3 is 1. The van der Waals surface area contributed by atoms with E-state index in [0.717, 1.165) is 4.47 Å². The lowest BCUT2D eigenvalue weighted by molar-refractivity contribution is -0.117. The van der Waals surface area contributed by atoms with Gasteiger partial charge in [-0.1, -0.05) is 28.1 Å². The number of rotatable bonds is 6. The maximum Gasteiger partial charge on any atom is 0.294 e. The Balaban J connectivity index is 1.62. The van der Waals surface area contributed by atoms with Crippen molar-refractivity contribution < 1.29 is 28.6 Å². The number of nitrogens with one attached hydrogen (secondary N) is 1. The van der Waals surface area contributed by atoms with Gasteiger partial charge in [0.05, 0.1) is 18.7 Å². The zero-order valence-corrected chi connectivity index (χ0v) is 21.4. The Bertz CT molecular complexity index is 1590. The third-order valence-electron chi connectivity index (χ3n) is 6.03. The van der Waals surface area contributed by atoms with Crippen molar-refractivity contribution in [1.29, 1.82) is 0 Å². The van der Waals surface area contributed by atoms with E-state index in [1.165, 1.54) is 18.9 Å². The van der Waals surface area contributed by atoms with Crippen LogP contribution in [0.2, 0.25) is 0 Å². The number of ether oxygens (including phenoxy) is 1. The highest BCUT2D eigenvalue weighted by Crippen LogP contribution is 2.43. The number of carbonyl (C=O) groups is 3. The number of aliphatic hydroxyl groups excluding tert-OH is 1.